The first kappa shape index (κ1) is 17.0. The molecular weight excluding hydrogens is 322 g/mol. The first-order valence-corrected chi connectivity index (χ1v) is 7.52. The number of nitrogens with zero attached hydrogens (tertiary/aromatic N) is 4. The molecule has 0 fully saturated rings. The highest BCUT2D eigenvalue weighted by molar-refractivity contribution is 6.31. The molecule has 8 nitrogen and oxygen atoms in total. The maximum absolute atomic E-state index is 12.1. The van der Waals surface area contributed by atoms with E-state index in [1.807, 2.05) is 6.92 Å². The van der Waals surface area contributed by atoms with E-state index in [1.165, 1.54) is 23.9 Å². The number of carboxylic acids is 1. The Morgan fingerprint density at radius 3 is 2.83 bits per heavy atom. The Bertz CT molecular complexity index is 690. The van der Waals surface area contributed by atoms with Crippen LogP contribution in [0.15, 0.2) is 18.5 Å². The van der Waals surface area contributed by atoms with Crippen molar-refractivity contribution in [1.29, 1.82) is 0 Å². The van der Waals surface area contributed by atoms with Crippen LogP contribution in [0.5, 0.6) is 0 Å². The molecule has 2 aromatic heterocycles. The molecule has 0 bridgehead atoms. The van der Waals surface area contributed by atoms with Gasteiger partial charge in [-0.15, -0.1) is 0 Å². The number of carbonyl (C=O) groups is 2. The zero-order chi connectivity index (χ0) is 17.0. The number of rotatable bonds is 7. The van der Waals surface area contributed by atoms with Crippen molar-refractivity contribution in [3.63, 3.8) is 0 Å². The lowest BCUT2D eigenvalue weighted by Crippen LogP contribution is -2.30. The van der Waals surface area contributed by atoms with Crippen LogP contribution in [0.4, 0.5) is 0 Å². The SMILES string of the molecule is Cc1nn(CCCNC(=O)c2ccnn2C(C)C(=O)O)cc1Cl. The quantitative estimate of drug-likeness (QED) is 0.744. The summed E-state index contributed by atoms with van der Waals surface area (Å²) in [7, 11) is 0. The number of hydrogen-bond donors (Lipinski definition) is 2. The maximum atomic E-state index is 12.1. The van der Waals surface area contributed by atoms with Crippen molar-refractivity contribution in [1.82, 2.24) is 24.9 Å². The van der Waals surface area contributed by atoms with Crippen LogP contribution in [0, 0.1) is 6.92 Å². The van der Waals surface area contributed by atoms with Gasteiger partial charge in [-0.1, -0.05) is 11.6 Å². The lowest BCUT2D eigenvalue weighted by molar-refractivity contribution is -0.140. The van der Waals surface area contributed by atoms with Crippen LogP contribution in [0.25, 0.3) is 0 Å². The second-order valence-corrected chi connectivity index (χ2v) is 5.52. The first-order chi connectivity index (χ1) is 10.9. The zero-order valence-electron chi connectivity index (χ0n) is 12.9. The van der Waals surface area contributed by atoms with Crippen LogP contribution in [-0.2, 0) is 11.3 Å². The summed E-state index contributed by atoms with van der Waals surface area (Å²) in [5.41, 5.74) is 0.986. The van der Waals surface area contributed by atoms with Gasteiger partial charge in [0.2, 0.25) is 0 Å². The van der Waals surface area contributed by atoms with Gasteiger partial charge < -0.3 is 10.4 Å². The fourth-order valence-corrected chi connectivity index (χ4v) is 2.20. The second-order valence-electron chi connectivity index (χ2n) is 5.11. The molecule has 1 amide bonds. The standard InChI is InChI=1S/C14H18ClN5O3/c1-9-11(15)8-19(18-9)7-3-5-16-13(21)12-4-6-17-20(12)10(2)14(22)23/h4,6,8,10H,3,5,7H2,1-2H3,(H,16,21)(H,22,23). The van der Waals surface area contributed by atoms with Gasteiger partial charge in [0, 0.05) is 25.5 Å². The van der Waals surface area contributed by atoms with Gasteiger partial charge in [0.05, 0.1) is 10.7 Å². The Balaban J connectivity index is 1.86. The van der Waals surface area contributed by atoms with Gasteiger partial charge in [0.1, 0.15) is 11.7 Å². The number of nitrogens with one attached hydrogen (secondary N) is 1. The number of halogens is 1. The third kappa shape index (κ3) is 4.10. The van der Waals surface area contributed by atoms with Crippen molar-refractivity contribution in [2.24, 2.45) is 0 Å². The van der Waals surface area contributed by atoms with E-state index in [4.69, 9.17) is 16.7 Å². The number of aliphatic carboxylic acids is 1. The van der Waals surface area contributed by atoms with E-state index in [2.05, 4.69) is 15.5 Å². The first-order valence-electron chi connectivity index (χ1n) is 7.14. The molecule has 0 aliphatic heterocycles. The topological polar surface area (TPSA) is 102 Å². The molecule has 0 spiro atoms. The Labute approximate surface area is 138 Å². The van der Waals surface area contributed by atoms with Crippen LogP contribution in [0.2, 0.25) is 5.02 Å². The average Bonchev–Trinajstić information content (AvgIpc) is 3.10. The summed E-state index contributed by atoms with van der Waals surface area (Å²) in [6.07, 6.45) is 3.82. The summed E-state index contributed by atoms with van der Waals surface area (Å²) >= 11 is 5.92. The zero-order valence-corrected chi connectivity index (χ0v) is 13.6. The molecule has 0 saturated carbocycles. The molecule has 0 aromatic carbocycles. The molecule has 9 heteroatoms. The van der Waals surface area contributed by atoms with E-state index < -0.39 is 12.0 Å². The number of amides is 1. The normalized spacial score (nSPS) is 12.1. The average molecular weight is 340 g/mol. The molecule has 23 heavy (non-hydrogen) atoms. The molecule has 0 aliphatic rings. The molecule has 2 aromatic rings. The lowest BCUT2D eigenvalue weighted by Gasteiger charge is -2.11. The highest BCUT2D eigenvalue weighted by atomic mass is 35.5. The lowest BCUT2D eigenvalue weighted by atomic mass is 10.3. The summed E-state index contributed by atoms with van der Waals surface area (Å²) in [5.74, 6) is -1.40. The van der Waals surface area contributed by atoms with Crippen LogP contribution < -0.4 is 5.32 Å². The summed E-state index contributed by atoms with van der Waals surface area (Å²) in [5, 5.41) is 20.5. The summed E-state index contributed by atoms with van der Waals surface area (Å²) in [6, 6.07) is 0.589. The minimum atomic E-state index is -1.05. The molecule has 0 saturated heterocycles. The van der Waals surface area contributed by atoms with E-state index >= 15 is 0 Å². The smallest absolute Gasteiger partial charge is 0.328 e. The van der Waals surface area contributed by atoms with E-state index in [-0.39, 0.29) is 11.6 Å². The van der Waals surface area contributed by atoms with Crippen LogP contribution in [0.1, 0.15) is 35.6 Å². The summed E-state index contributed by atoms with van der Waals surface area (Å²) < 4.78 is 2.91. The number of carbonyl (C=O) groups excluding carboxylic acids is 1. The van der Waals surface area contributed by atoms with Crippen molar-refractivity contribution in [3.05, 3.63) is 34.9 Å². The molecular formula is C14H18ClN5O3. The molecule has 0 radical (unpaired) electrons. The van der Waals surface area contributed by atoms with E-state index in [0.29, 0.717) is 24.5 Å². The maximum Gasteiger partial charge on any atom is 0.328 e. The van der Waals surface area contributed by atoms with Crippen molar-refractivity contribution in [2.45, 2.75) is 32.9 Å². The van der Waals surface area contributed by atoms with E-state index in [0.717, 1.165) is 5.69 Å². The number of aromatic nitrogens is 4. The Hall–Kier alpha value is -2.35. The van der Waals surface area contributed by atoms with Crippen LogP contribution in [-0.4, -0.2) is 43.1 Å². The van der Waals surface area contributed by atoms with Gasteiger partial charge in [0.15, 0.2) is 0 Å². The molecule has 1 unspecified atom stereocenters. The Kier molecular flexibility index (Phi) is 5.38. The van der Waals surface area contributed by atoms with Gasteiger partial charge in [0.25, 0.3) is 5.91 Å². The van der Waals surface area contributed by atoms with Gasteiger partial charge >= 0.3 is 5.97 Å². The van der Waals surface area contributed by atoms with Crippen molar-refractivity contribution in [3.8, 4) is 0 Å². The van der Waals surface area contributed by atoms with Gasteiger partial charge in [-0.2, -0.15) is 10.2 Å². The predicted octanol–water partition coefficient (Wildman–Crippen LogP) is 1.51. The third-order valence-corrected chi connectivity index (χ3v) is 3.73. The molecule has 2 rings (SSSR count). The number of aryl methyl sites for hydroxylation is 2. The molecule has 2 heterocycles. The molecule has 1 atom stereocenters. The monoisotopic (exact) mass is 339 g/mol. The van der Waals surface area contributed by atoms with Gasteiger partial charge in [-0.05, 0) is 26.3 Å². The second kappa shape index (κ2) is 7.28. The molecule has 124 valence electrons. The summed E-state index contributed by atoms with van der Waals surface area (Å²) in [4.78, 5) is 23.1. The van der Waals surface area contributed by atoms with Crippen LogP contribution in [0.3, 0.4) is 0 Å². The van der Waals surface area contributed by atoms with Crippen molar-refractivity contribution in [2.75, 3.05) is 6.54 Å². The Morgan fingerprint density at radius 2 is 2.22 bits per heavy atom. The molecule has 0 aliphatic carbocycles. The van der Waals surface area contributed by atoms with Crippen molar-refractivity contribution >= 4 is 23.5 Å². The summed E-state index contributed by atoms with van der Waals surface area (Å²) in [6.45, 7) is 4.35. The van der Waals surface area contributed by atoms with E-state index in [1.54, 1.807) is 10.9 Å². The predicted molar refractivity (Wildman–Crippen MR) is 83.5 cm³/mol. The largest absolute Gasteiger partial charge is 0.480 e. The minimum absolute atomic E-state index is 0.220. The fourth-order valence-electron chi connectivity index (χ4n) is 2.05. The van der Waals surface area contributed by atoms with Gasteiger partial charge in [-0.25, -0.2) is 9.48 Å². The number of carboxylic acid groups (broad SMARTS) is 1. The van der Waals surface area contributed by atoms with Crippen LogP contribution >= 0.6 is 11.6 Å². The third-order valence-electron chi connectivity index (χ3n) is 3.36. The molecule has 2 N–H and O–H groups in total. The Morgan fingerprint density at radius 1 is 1.48 bits per heavy atom. The van der Waals surface area contributed by atoms with Crippen molar-refractivity contribution < 1.29 is 14.7 Å². The minimum Gasteiger partial charge on any atom is -0.480 e. The van der Waals surface area contributed by atoms with E-state index in [9.17, 15) is 9.59 Å². The highest BCUT2D eigenvalue weighted by Crippen LogP contribution is 2.12. The highest BCUT2D eigenvalue weighted by Gasteiger charge is 2.20. The number of hydrogen-bond acceptors (Lipinski definition) is 4. The van der Waals surface area contributed by atoms with Gasteiger partial charge in [-0.3, -0.25) is 9.48 Å². The fraction of sp³-hybridized carbons (Fsp3) is 0.429.